The van der Waals surface area contributed by atoms with Crippen molar-refractivity contribution in [2.75, 3.05) is 4.72 Å². The maximum absolute atomic E-state index is 13.1. The van der Waals surface area contributed by atoms with E-state index in [9.17, 15) is 21.6 Å². The normalized spacial score (nSPS) is 11.4. The van der Waals surface area contributed by atoms with Crippen LogP contribution in [0.15, 0.2) is 53.4 Å². The maximum atomic E-state index is 13.1. The van der Waals surface area contributed by atoms with Crippen molar-refractivity contribution in [2.24, 2.45) is 0 Å². The van der Waals surface area contributed by atoms with E-state index in [0.717, 1.165) is 12.1 Å². The molecule has 0 aromatic heterocycles. The summed E-state index contributed by atoms with van der Waals surface area (Å²) in [6.07, 6.45) is 0. The number of hydrogen-bond donors (Lipinski definition) is 1. The Kier molecular flexibility index (Phi) is 4.37. The molecule has 0 saturated carbocycles. The minimum Gasteiger partial charge on any atom is -0.433 e. The summed E-state index contributed by atoms with van der Waals surface area (Å²) in [6.45, 7) is -3.09. The van der Waals surface area contributed by atoms with E-state index in [2.05, 4.69) is 9.46 Å². The Morgan fingerprint density at radius 1 is 1.05 bits per heavy atom. The predicted molar refractivity (Wildman–Crippen MR) is 70.3 cm³/mol. The minimum atomic E-state index is -4.11. The van der Waals surface area contributed by atoms with Gasteiger partial charge in [-0.2, -0.15) is 8.78 Å². The van der Waals surface area contributed by atoms with Gasteiger partial charge in [0.25, 0.3) is 10.0 Å². The average Bonchev–Trinajstić information content (AvgIpc) is 2.40. The molecule has 0 aliphatic heterocycles. The number of anilines is 1. The second-order valence-corrected chi connectivity index (χ2v) is 5.62. The lowest BCUT2D eigenvalue weighted by Crippen LogP contribution is -2.14. The molecule has 0 amide bonds. The second-order valence-electron chi connectivity index (χ2n) is 3.94. The Morgan fingerprint density at radius 2 is 1.76 bits per heavy atom. The van der Waals surface area contributed by atoms with Gasteiger partial charge in [0.2, 0.25) is 0 Å². The number of sulfonamides is 1. The van der Waals surface area contributed by atoms with Crippen LogP contribution in [0.2, 0.25) is 0 Å². The van der Waals surface area contributed by atoms with Crippen molar-refractivity contribution in [3.63, 3.8) is 0 Å². The third-order valence-corrected chi connectivity index (χ3v) is 3.82. The summed E-state index contributed by atoms with van der Waals surface area (Å²) < 4.78 is 68.0. The molecular weight excluding hydrogens is 307 g/mol. The van der Waals surface area contributed by atoms with Crippen molar-refractivity contribution < 1.29 is 26.3 Å². The first-order valence-corrected chi connectivity index (χ1v) is 7.19. The maximum Gasteiger partial charge on any atom is 0.387 e. The van der Waals surface area contributed by atoms with Crippen LogP contribution in [0.3, 0.4) is 0 Å². The lowest BCUT2D eigenvalue weighted by atomic mass is 10.3. The van der Waals surface area contributed by atoms with Gasteiger partial charge in [0.1, 0.15) is 11.6 Å². The number of benzene rings is 2. The van der Waals surface area contributed by atoms with Gasteiger partial charge >= 0.3 is 6.61 Å². The van der Waals surface area contributed by atoms with Crippen molar-refractivity contribution in [2.45, 2.75) is 11.5 Å². The molecule has 0 spiro atoms. The molecular formula is C13H10F3NO3S. The van der Waals surface area contributed by atoms with Crippen molar-refractivity contribution in [3.8, 4) is 5.75 Å². The average molecular weight is 317 g/mol. The zero-order valence-corrected chi connectivity index (χ0v) is 11.3. The third kappa shape index (κ3) is 3.88. The van der Waals surface area contributed by atoms with Crippen LogP contribution in [0.5, 0.6) is 5.75 Å². The van der Waals surface area contributed by atoms with E-state index in [1.165, 1.54) is 36.4 Å². The second kappa shape index (κ2) is 6.04. The highest BCUT2D eigenvalue weighted by Crippen LogP contribution is 2.28. The first-order chi connectivity index (χ1) is 9.88. The van der Waals surface area contributed by atoms with Gasteiger partial charge in [-0.05, 0) is 30.3 Å². The van der Waals surface area contributed by atoms with Crippen LogP contribution in [0.25, 0.3) is 0 Å². The largest absolute Gasteiger partial charge is 0.433 e. The molecule has 0 bridgehead atoms. The molecule has 0 fully saturated rings. The highest BCUT2D eigenvalue weighted by Gasteiger charge is 2.18. The third-order valence-electron chi connectivity index (χ3n) is 2.45. The molecule has 1 N–H and O–H groups in total. The summed E-state index contributed by atoms with van der Waals surface area (Å²) >= 11 is 0. The Hall–Kier alpha value is -2.22. The van der Waals surface area contributed by atoms with E-state index in [0.29, 0.717) is 0 Å². The van der Waals surface area contributed by atoms with Crippen molar-refractivity contribution in [1.82, 2.24) is 0 Å². The van der Waals surface area contributed by atoms with Crippen LogP contribution in [-0.4, -0.2) is 15.0 Å². The number of rotatable bonds is 5. The van der Waals surface area contributed by atoms with Crippen LogP contribution in [0, 0.1) is 5.82 Å². The molecule has 0 aliphatic carbocycles. The minimum absolute atomic E-state index is 0.165. The number of halogens is 3. The van der Waals surface area contributed by atoms with E-state index in [4.69, 9.17) is 0 Å². The van der Waals surface area contributed by atoms with Crippen LogP contribution >= 0.6 is 0 Å². The standard InChI is InChI=1S/C13H10F3NO3S/c14-9-4-3-5-10(8-9)21(18,19)17-11-6-1-2-7-12(11)20-13(15)16/h1-8,13,17H. The van der Waals surface area contributed by atoms with Crippen LogP contribution in [0.4, 0.5) is 18.9 Å². The fraction of sp³-hybridized carbons (Fsp3) is 0.0769. The van der Waals surface area contributed by atoms with Gasteiger partial charge in [0, 0.05) is 0 Å². The molecule has 0 unspecified atom stereocenters. The number of hydrogen-bond acceptors (Lipinski definition) is 3. The summed E-state index contributed by atoms with van der Waals surface area (Å²) in [5.41, 5.74) is -0.165. The Balaban J connectivity index is 2.33. The lowest BCUT2D eigenvalue weighted by molar-refractivity contribution is -0.0493. The van der Waals surface area contributed by atoms with Gasteiger partial charge in [-0.25, -0.2) is 12.8 Å². The summed E-state index contributed by atoms with van der Waals surface area (Å²) in [6, 6.07) is 9.63. The van der Waals surface area contributed by atoms with Crippen molar-refractivity contribution >= 4 is 15.7 Å². The van der Waals surface area contributed by atoms with E-state index in [-0.39, 0.29) is 16.3 Å². The Bertz CT molecular complexity index is 735. The van der Waals surface area contributed by atoms with E-state index in [1.807, 2.05) is 0 Å². The first-order valence-electron chi connectivity index (χ1n) is 5.71. The van der Waals surface area contributed by atoms with Gasteiger partial charge < -0.3 is 4.74 Å². The quantitative estimate of drug-likeness (QED) is 0.921. The summed E-state index contributed by atoms with van der Waals surface area (Å²) in [5, 5.41) is 0. The molecule has 2 aromatic carbocycles. The first kappa shape index (κ1) is 15.2. The Morgan fingerprint density at radius 3 is 2.43 bits per heavy atom. The summed E-state index contributed by atoms with van der Waals surface area (Å²) in [7, 11) is -4.11. The van der Waals surface area contributed by atoms with Crippen molar-refractivity contribution in [3.05, 3.63) is 54.3 Å². The molecule has 0 saturated heterocycles. The zero-order valence-electron chi connectivity index (χ0n) is 10.5. The van der Waals surface area contributed by atoms with Gasteiger partial charge in [-0.1, -0.05) is 18.2 Å². The molecule has 0 radical (unpaired) electrons. The topological polar surface area (TPSA) is 55.4 Å². The molecule has 112 valence electrons. The molecule has 2 rings (SSSR count). The highest BCUT2D eigenvalue weighted by atomic mass is 32.2. The molecule has 4 nitrogen and oxygen atoms in total. The van der Waals surface area contributed by atoms with Crippen LogP contribution in [0.1, 0.15) is 0 Å². The summed E-state index contributed by atoms with van der Waals surface area (Å²) in [5.74, 6) is -1.05. The predicted octanol–water partition coefficient (Wildman–Crippen LogP) is 3.23. The smallest absolute Gasteiger partial charge is 0.387 e. The summed E-state index contributed by atoms with van der Waals surface area (Å²) in [4.78, 5) is -0.325. The van der Waals surface area contributed by atoms with Gasteiger partial charge in [-0.3, -0.25) is 4.72 Å². The fourth-order valence-electron chi connectivity index (χ4n) is 1.59. The molecule has 0 heterocycles. The van der Waals surface area contributed by atoms with E-state index in [1.54, 1.807) is 0 Å². The molecule has 2 aromatic rings. The van der Waals surface area contributed by atoms with Gasteiger partial charge in [-0.15, -0.1) is 0 Å². The lowest BCUT2D eigenvalue weighted by Gasteiger charge is -2.13. The van der Waals surface area contributed by atoms with Crippen LogP contribution in [-0.2, 0) is 10.0 Å². The van der Waals surface area contributed by atoms with E-state index < -0.39 is 22.5 Å². The molecule has 8 heteroatoms. The monoisotopic (exact) mass is 317 g/mol. The molecule has 0 atom stereocenters. The number of para-hydroxylation sites is 2. The number of alkyl halides is 2. The van der Waals surface area contributed by atoms with Gasteiger partial charge in [0.15, 0.2) is 0 Å². The number of nitrogens with one attached hydrogen (secondary N) is 1. The fourth-order valence-corrected chi connectivity index (χ4v) is 2.69. The highest BCUT2D eigenvalue weighted by molar-refractivity contribution is 7.92. The SMILES string of the molecule is O=S(=O)(Nc1ccccc1OC(F)F)c1cccc(F)c1. The molecule has 21 heavy (non-hydrogen) atoms. The van der Waals surface area contributed by atoms with E-state index >= 15 is 0 Å². The Labute approximate surface area is 119 Å². The van der Waals surface area contributed by atoms with Gasteiger partial charge in [0.05, 0.1) is 10.6 Å². The van der Waals surface area contributed by atoms with Crippen LogP contribution < -0.4 is 9.46 Å². The molecule has 0 aliphatic rings. The zero-order chi connectivity index (χ0) is 15.5. The van der Waals surface area contributed by atoms with Crippen molar-refractivity contribution in [1.29, 1.82) is 0 Å². The number of ether oxygens (including phenoxy) is 1.